The summed E-state index contributed by atoms with van der Waals surface area (Å²) >= 11 is 0. The maximum Gasteiger partial charge on any atom is 0.0859 e. The average Bonchev–Trinajstić information content (AvgIpc) is 3.49. The van der Waals surface area contributed by atoms with Gasteiger partial charge in [0.2, 0.25) is 0 Å². The Kier molecular flexibility index (Phi) is 4.87. The number of rotatable bonds is 3. The third-order valence-electron chi connectivity index (χ3n) is 7.41. The van der Waals surface area contributed by atoms with Gasteiger partial charge in [0.15, 0.2) is 0 Å². The van der Waals surface area contributed by atoms with Crippen molar-refractivity contribution in [2.24, 2.45) is 0 Å². The predicted octanol–water partition coefficient (Wildman–Crippen LogP) is 6.73. The number of allylic oxidation sites excluding steroid dienone is 3. The van der Waals surface area contributed by atoms with Crippen molar-refractivity contribution < 1.29 is 0 Å². The van der Waals surface area contributed by atoms with Crippen molar-refractivity contribution in [2.75, 3.05) is 0 Å². The zero-order valence-electron chi connectivity index (χ0n) is 17.6. The Morgan fingerprint density at radius 2 is 0.800 bits per heavy atom. The molecule has 141 valence electrons. The molecule has 30 heavy (non-hydrogen) atoms. The van der Waals surface area contributed by atoms with E-state index in [1.165, 1.54) is 33.4 Å². The van der Waals surface area contributed by atoms with Crippen molar-refractivity contribution in [3.63, 3.8) is 0 Å². The summed E-state index contributed by atoms with van der Waals surface area (Å²) in [5.41, 5.74) is 10.3. The van der Waals surface area contributed by atoms with Gasteiger partial charge >= 0.3 is 0 Å². The van der Waals surface area contributed by atoms with Gasteiger partial charge in [-0.05, 0) is 50.0 Å². The van der Waals surface area contributed by atoms with Crippen LogP contribution in [-0.4, -0.2) is 26.9 Å². The fourth-order valence-electron chi connectivity index (χ4n) is 5.96. The third-order valence-corrected chi connectivity index (χ3v) is 12.9. The summed E-state index contributed by atoms with van der Waals surface area (Å²) < 4.78 is 0. The normalized spacial score (nSPS) is 24.1. The molecule has 0 saturated heterocycles. The molecular formula is C28H24LiSi. The number of hydrogen-bond acceptors (Lipinski definition) is 0. The van der Waals surface area contributed by atoms with Crippen LogP contribution in [0.15, 0.2) is 91.0 Å². The van der Waals surface area contributed by atoms with Crippen LogP contribution in [0.5, 0.6) is 0 Å². The molecule has 0 bridgehead atoms. The Bertz CT molecular complexity index is 1050. The average molecular weight is 396 g/mol. The van der Waals surface area contributed by atoms with Gasteiger partial charge in [-0.1, -0.05) is 116 Å². The van der Waals surface area contributed by atoms with Crippen LogP contribution in [0.25, 0.3) is 18.2 Å². The quantitative estimate of drug-likeness (QED) is 0.431. The molecule has 0 spiro atoms. The van der Waals surface area contributed by atoms with E-state index in [1.807, 2.05) is 0 Å². The van der Waals surface area contributed by atoms with Crippen LogP contribution >= 0.6 is 0 Å². The minimum atomic E-state index is -1.96. The molecule has 3 aliphatic carbocycles. The topological polar surface area (TPSA) is 0 Å². The summed E-state index contributed by atoms with van der Waals surface area (Å²) in [6.45, 7) is 2.65. The Morgan fingerprint density at radius 1 is 0.500 bits per heavy atom. The second kappa shape index (κ2) is 7.43. The zero-order valence-corrected chi connectivity index (χ0v) is 18.6. The van der Waals surface area contributed by atoms with Crippen LogP contribution in [0.2, 0.25) is 6.55 Å². The van der Waals surface area contributed by atoms with Crippen LogP contribution in [0.1, 0.15) is 50.0 Å². The second-order valence-corrected chi connectivity index (χ2v) is 13.4. The SMILES string of the molecule is C[Si](C1C=Cc2ccccc21)(C1C=Cc2ccccc21)C1C=Cc2ccccc21.[Li]. The minimum Gasteiger partial charge on any atom is -0.0790 e. The molecule has 0 nitrogen and oxygen atoms in total. The standard InChI is InChI=1S/C28H24Si.Li/c1-29(26-17-14-20-8-2-5-11-23(20)26,27-18-15-21-9-3-6-12-24(21)27)28-19-16-22-10-4-7-13-25(22)28;/h2-19,26-28H,1H3;. The molecular weight excluding hydrogens is 371 g/mol. The summed E-state index contributed by atoms with van der Waals surface area (Å²) in [5.74, 6) is 0. The van der Waals surface area contributed by atoms with Gasteiger partial charge in [-0.15, -0.1) is 0 Å². The monoisotopic (exact) mass is 395 g/mol. The molecule has 1 radical (unpaired) electrons. The first-order valence-electron chi connectivity index (χ1n) is 10.6. The van der Waals surface area contributed by atoms with Gasteiger partial charge < -0.3 is 0 Å². The Balaban J connectivity index is 0.00000193. The molecule has 0 amide bonds. The molecule has 3 aromatic carbocycles. The summed E-state index contributed by atoms with van der Waals surface area (Å²) in [5, 5.41) is 0. The van der Waals surface area contributed by atoms with Crippen molar-refractivity contribution in [2.45, 2.75) is 23.2 Å². The van der Waals surface area contributed by atoms with Gasteiger partial charge in [-0.3, -0.25) is 0 Å². The van der Waals surface area contributed by atoms with E-state index in [0.29, 0.717) is 16.6 Å². The van der Waals surface area contributed by atoms with E-state index >= 15 is 0 Å². The van der Waals surface area contributed by atoms with Gasteiger partial charge in [0.25, 0.3) is 0 Å². The van der Waals surface area contributed by atoms with Crippen molar-refractivity contribution in [3.05, 3.63) is 124 Å². The van der Waals surface area contributed by atoms with Crippen molar-refractivity contribution >= 4 is 45.2 Å². The molecule has 6 rings (SSSR count). The van der Waals surface area contributed by atoms with E-state index in [4.69, 9.17) is 0 Å². The molecule has 3 unspecified atom stereocenters. The molecule has 0 N–H and O–H groups in total. The Labute approximate surface area is 192 Å². The fraction of sp³-hybridized carbons (Fsp3) is 0.143. The fourth-order valence-corrected chi connectivity index (χ4v) is 11.4. The van der Waals surface area contributed by atoms with Crippen LogP contribution < -0.4 is 0 Å². The summed E-state index contributed by atoms with van der Waals surface area (Å²) in [6.07, 6.45) is 14.6. The predicted molar refractivity (Wildman–Crippen MR) is 132 cm³/mol. The van der Waals surface area contributed by atoms with Gasteiger partial charge in [-0.25, -0.2) is 0 Å². The summed E-state index contributed by atoms with van der Waals surface area (Å²) in [6, 6.07) is 27.0. The van der Waals surface area contributed by atoms with Crippen LogP contribution in [0.3, 0.4) is 0 Å². The van der Waals surface area contributed by atoms with E-state index < -0.39 is 8.07 Å². The second-order valence-electron chi connectivity index (χ2n) is 8.76. The van der Waals surface area contributed by atoms with Gasteiger partial charge in [0.1, 0.15) is 0 Å². The number of benzene rings is 3. The van der Waals surface area contributed by atoms with Gasteiger partial charge in [-0.2, -0.15) is 0 Å². The van der Waals surface area contributed by atoms with Gasteiger partial charge in [0, 0.05) is 18.9 Å². The van der Waals surface area contributed by atoms with Gasteiger partial charge in [0.05, 0.1) is 8.07 Å². The maximum absolute atomic E-state index is 2.65. The first kappa shape index (κ1) is 19.6. The Morgan fingerprint density at radius 3 is 1.13 bits per heavy atom. The van der Waals surface area contributed by atoms with Crippen molar-refractivity contribution in [1.29, 1.82) is 0 Å². The molecule has 3 aliphatic rings. The third kappa shape index (κ3) is 2.73. The summed E-state index contributed by atoms with van der Waals surface area (Å²) in [7, 11) is -1.96. The van der Waals surface area contributed by atoms with Crippen molar-refractivity contribution in [1.82, 2.24) is 0 Å². The molecule has 0 fully saturated rings. The minimum absolute atomic E-state index is 0. The number of hydrogen-bond donors (Lipinski definition) is 0. The Hall–Kier alpha value is -2.31. The van der Waals surface area contributed by atoms with E-state index in [-0.39, 0.29) is 18.9 Å². The van der Waals surface area contributed by atoms with Crippen LogP contribution in [-0.2, 0) is 0 Å². The molecule has 2 heteroatoms. The maximum atomic E-state index is 2.65. The molecule has 0 aliphatic heterocycles. The van der Waals surface area contributed by atoms with Crippen molar-refractivity contribution in [3.8, 4) is 0 Å². The van der Waals surface area contributed by atoms with E-state index in [1.54, 1.807) is 0 Å². The molecule has 0 saturated carbocycles. The first-order chi connectivity index (χ1) is 14.3. The van der Waals surface area contributed by atoms with E-state index in [0.717, 1.165) is 0 Å². The summed E-state index contributed by atoms with van der Waals surface area (Å²) in [4.78, 5) is 0. The molecule has 3 atom stereocenters. The van der Waals surface area contributed by atoms with E-state index in [2.05, 4.69) is 116 Å². The number of fused-ring (bicyclic) bond motifs is 3. The smallest absolute Gasteiger partial charge is 0.0790 e. The van der Waals surface area contributed by atoms with Crippen LogP contribution in [0, 0.1) is 0 Å². The van der Waals surface area contributed by atoms with Crippen LogP contribution in [0.4, 0.5) is 0 Å². The zero-order chi connectivity index (χ0) is 19.4. The molecule has 0 aromatic heterocycles. The molecule has 3 aromatic rings. The van der Waals surface area contributed by atoms with E-state index in [9.17, 15) is 0 Å². The largest absolute Gasteiger partial charge is 0.0859 e. The molecule has 0 heterocycles. The first-order valence-corrected chi connectivity index (χ1v) is 13.3.